The summed E-state index contributed by atoms with van der Waals surface area (Å²) in [5.41, 5.74) is 1.51. The van der Waals surface area contributed by atoms with E-state index in [-0.39, 0.29) is 0 Å². The van der Waals surface area contributed by atoms with Gasteiger partial charge < -0.3 is 10.1 Å². The van der Waals surface area contributed by atoms with Gasteiger partial charge in [0.25, 0.3) is 0 Å². The van der Waals surface area contributed by atoms with E-state index in [0.29, 0.717) is 17.6 Å². The van der Waals surface area contributed by atoms with Gasteiger partial charge in [-0.15, -0.1) is 0 Å². The molecule has 2 aromatic rings. The number of aromatic nitrogens is 3. The zero-order valence-corrected chi connectivity index (χ0v) is 11.0. The van der Waals surface area contributed by atoms with E-state index < -0.39 is 0 Å². The summed E-state index contributed by atoms with van der Waals surface area (Å²) in [6.07, 6.45) is 5.58. The highest BCUT2D eigenvalue weighted by molar-refractivity contribution is 5.71. The van der Waals surface area contributed by atoms with Gasteiger partial charge in [-0.05, 0) is 37.8 Å². The molecular weight excluding hydrogens is 240 g/mol. The van der Waals surface area contributed by atoms with E-state index in [1.807, 2.05) is 12.1 Å². The van der Waals surface area contributed by atoms with Crippen molar-refractivity contribution in [3.63, 3.8) is 0 Å². The molecule has 5 nitrogen and oxygen atoms in total. The molecule has 19 heavy (non-hydrogen) atoms. The Bertz CT molecular complexity index is 554. The molecule has 1 N–H and O–H groups in total. The third-order valence-corrected chi connectivity index (χ3v) is 3.68. The molecule has 0 amide bonds. The van der Waals surface area contributed by atoms with Gasteiger partial charge in [0.1, 0.15) is 11.3 Å². The molecule has 1 fully saturated rings. The van der Waals surface area contributed by atoms with Crippen LogP contribution in [0.25, 0.3) is 11.2 Å². The van der Waals surface area contributed by atoms with Crippen molar-refractivity contribution in [1.82, 2.24) is 15.0 Å². The third kappa shape index (κ3) is 2.81. The highest BCUT2D eigenvalue weighted by Crippen LogP contribution is 2.21. The van der Waals surface area contributed by atoms with Gasteiger partial charge in [0.05, 0.1) is 0 Å². The topological polar surface area (TPSA) is 59.9 Å². The standard InChI is InChI=1S/C14H18N4O/c1-10(11-4-8-19-9-5-11)17-13-3-2-12-14(18-13)16-7-6-15-12/h2-3,6-7,10-11H,4-5,8-9H2,1H3,(H,16,17,18). The molecule has 5 heteroatoms. The largest absolute Gasteiger partial charge is 0.381 e. The minimum atomic E-state index is 0.394. The second kappa shape index (κ2) is 5.48. The van der Waals surface area contributed by atoms with Crippen LogP contribution in [0.4, 0.5) is 5.82 Å². The smallest absolute Gasteiger partial charge is 0.180 e. The molecule has 1 unspecified atom stereocenters. The van der Waals surface area contributed by atoms with Crippen LogP contribution in [0.2, 0.25) is 0 Å². The van der Waals surface area contributed by atoms with E-state index in [4.69, 9.17) is 4.74 Å². The van der Waals surface area contributed by atoms with E-state index >= 15 is 0 Å². The van der Waals surface area contributed by atoms with Crippen molar-refractivity contribution < 1.29 is 4.74 Å². The van der Waals surface area contributed by atoms with Gasteiger partial charge in [-0.25, -0.2) is 9.97 Å². The van der Waals surface area contributed by atoms with E-state index in [1.165, 1.54) is 0 Å². The van der Waals surface area contributed by atoms with Crippen LogP contribution in [-0.4, -0.2) is 34.2 Å². The quantitative estimate of drug-likeness (QED) is 0.915. The lowest BCUT2D eigenvalue weighted by Gasteiger charge is -2.28. The van der Waals surface area contributed by atoms with Crippen molar-refractivity contribution in [3.8, 4) is 0 Å². The number of nitrogens with one attached hydrogen (secondary N) is 1. The summed E-state index contributed by atoms with van der Waals surface area (Å²) in [6.45, 7) is 3.94. The van der Waals surface area contributed by atoms with Crippen molar-refractivity contribution in [1.29, 1.82) is 0 Å². The summed E-state index contributed by atoms with van der Waals surface area (Å²) in [5.74, 6) is 1.51. The summed E-state index contributed by atoms with van der Waals surface area (Å²) in [5, 5.41) is 3.47. The molecule has 2 aromatic heterocycles. The second-order valence-corrected chi connectivity index (χ2v) is 4.98. The van der Waals surface area contributed by atoms with Crippen LogP contribution >= 0.6 is 0 Å². The summed E-state index contributed by atoms with van der Waals surface area (Å²) >= 11 is 0. The maximum atomic E-state index is 5.40. The van der Waals surface area contributed by atoms with Gasteiger partial charge in [0, 0.05) is 31.6 Å². The van der Waals surface area contributed by atoms with Gasteiger partial charge in [-0.1, -0.05) is 0 Å². The number of pyridine rings is 1. The van der Waals surface area contributed by atoms with Gasteiger partial charge in [-0.3, -0.25) is 4.98 Å². The molecule has 0 radical (unpaired) electrons. The fraction of sp³-hybridized carbons (Fsp3) is 0.500. The van der Waals surface area contributed by atoms with E-state index in [2.05, 4.69) is 27.2 Å². The Kier molecular flexibility index (Phi) is 3.55. The van der Waals surface area contributed by atoms with Gasteiger partial charge in [0.15, 0.2) is 5.65 Å². The molecule has 0 saturated carbocycles. The van der Waals surface area contributed by atoms with Gasteiger partial charge in [0.2, 0.25) is 0 Å². The molecule has 0 aliphatic carbocycles. The lowest BCUT2D eigenvalue weighted by molar-refractivity contribution is 0.0622. The molecule has 1 aliphatic rings. The van der Waals surface area contributed by atoms with Crippen molar-refractivity contribution >= 4 is 17.0 Å². The summed E-state index contributed by atoms with van der Waals surface area (Å²) < 4.78 is 5.40. The van der Waals surface area contributed by atoms with Crippen LogP contribution in [0.1, 0.15) is 19.8 Å². The Morgan fingerprint density at radius 3 is 2.84 bits per heavy atom. The Morgan fingerprint density at radius 2 is 2.00 bits per heavy atom. The average molecular weight is 258 g/mol. The van der Waals surface area contributed by atoms with Crippen LogP contribution < -0.4 is 5.32 Å². The van der Waals surface area contributed by atoms with Crippen molar-refractivity contribution in [2.75, 3.05) is 18.5 Å². The molecule has 0 spiro atoms. The summed E-state index contributed by atoms with van der Waals surface area (Å²) in [6, 6.07) is 4.31. The van der Waals surface area contributed by atoms with Crippen LogP contribution in [-0.2, 0) is 4.74 Å². The molecule has 1 aliphatic heterocycles. The second-order valence-electron chi connectivity index (χ2n) is 4.98. The molecule has 0 aromatic carbocycles. The van der Waals surface area contributed by atoms with Crippen LogP contribution in [0.5, 0.6) is 0 Å². The fourth-order valence-electron chi connectivity index (χ4n) is 2.50. The number of ether oxygens (including phenoxy) is 1. The summed E-state index contributed by atoms with van der Waals surface area (Å²) in [4.78, 5) is 12.9. The number of anilines is 1. The van der Waals surface area contributed by atoms with Crippen LogP contribution in [0.15, 0.2) is 24.5 Å². The van der Waals surface area contributed by atoms with Crippen molar-refractivity contribution in [2.45, 2.75) is 25.8 Å². The number of hydrogen-bond acceptors (Lipinski definition) is 5. The lowest BCUT2D eigenvalue weighted by Crippen LogP contribution is -2.31. The molecule has 1 saturated heterocycles. The van der Waals surface area contributed by atoms with Gasteiger partial charge in [-0.2, -0.15) is 0 Å². The van der Waals surface area contributed by atoms with Crippen LogP contribution in [0, 0.1) is 5.92 Å². The number of rotatable bonds is 3. The monoisotopic (exact) mass is 258 g/mol. The zero-order valence-electron chi connectivity index (χ0n) is 11.0. The first-order valence-electron chi connectivity index (χ1n) is 6.75. The SMILES string of the molecule is CC(Nc1ccc2nccnc2n1)C1CCOCC1. The van der Waals surface area contributed by atoms with E-state index in [0.717, 1.165) is 37.4 Å². The highest BCUT2D eigenvalue weighted by Gasteiger charge is 2.20. The first-order valence-corrected chi connectivity index (χ1v) is 6.75. The Morgan fingerprint density at radius 1 is 1.21 bits per heavy atom. The number of hydrogen-bond donors (Lipinski definition) is 1. The minimum absolute atomic E-state index is 0.394. The summed E-state index contributed by atoms with van der Waals surface area (Å²) in [7, 11) is 0. The Balaban J connectivity index is 1.73. The van der Waals surface area contributed by atoms with Gasteiger partial charge >= 0.3 is 0 Å². The predicted octanol–water partition coefficient (Wildman–Crippen LogP) is 2.25. The zero-order chi connectivity index (χ0) is 13.1. The molecule has 3 heterocycles. The van der Waals surface area contributed by atoms with Crippen molar-refractivity contribution in [3.05, 3.63) is 24.5 Å². The maximum Gasteiger partial charge on any atom is 0.180 e. The van der Waals surface area contributed by atoms with E-state index in [9.17, 15) is 0 Å². The van der Waals surface area contributed by atoms with Crippen molar-refractivity contribution in [2.24, 2.45) is 5.92 Å². The molecular formula is C14H18N4O. The molecule has 0 bridgehead atoms. The fourth-order valence-corrected chi connectivity index (χ4v) is 2.50. The average Bonchev–Trinajstić information content (AvgIpc) is 2.48. The first-order chi connectivity index (χ1) is 9.33. The predicted molar refractivity (Wildman–Crippen MR) is 74.0 cm³/mol. The Labute approximate surface area is 112 Å². The highest BCUT2D eigenvalue weighted by atomic mass is 16.5. The minimum Gasteiger partial charge on any atom is -0.381 e. The van der Waals surface area contributed by atoms with Crippen LogP contribution in [0.3, 0.4) is 0 Å². The third-order valence-electron chi connectivity index (χ3n) is 3.68. The normalized spacial score (nSPS) is 18.4. The molecule has 3 rings (SSSR count). The Hall–Kier alpha value is -1.75. The molecule has 100 valence electrons. The first kappa shape index (κ1) is 12.3. The number of fused-ring (bicyclic) bond motifs is 1. The molecule has 1 atom stereocenters. The number of nitrogens with zero attached hydrogens (tertiary/aromatic N) is 3. The lowest BCUT2D eigenvalue weighted by atomic mass is 9.93. The maximum absolute atomic E-state index is 5.40. The van der Waals surface area contributed by atoms with E-state index in [1.54, 1.807) is 12.4 Å².